The number of ketones is 1. The number of carboxylic acids is 1. The molecular weight excluding hydrogens is 1020 g/mol. The van der Waals surface area contributed by atoms with Crippen molar-refractivity contribution >= 4 is 79.3 Å². The van der Waals surface area contributed by atoms with E-state index in [0.717, 1.165) is 4.57 Å². The van der Waals surface area contributed by atoms with Crippen molar-refractivity contribution in [2.75, 3.05) is 30.6 Å². The lowest BCUT2D eigenvalue weighted by atomic mass is 9.87. The fraction of sp³-hybridized carbons (Fsp3) is 0.341. The third-order valence-electron chi connectivity index (χ3n) is 10.7. The number of nitrogen functional groups attached to an aromatic ring is 2. The third kappa shape index (κ3) is 13.4. The minimum Gasteiger partial charge on any atom is -0.478 e. The Morgan fingerprint density at radius 2 is 1.73 bits per heavy atom. The van der Waals surface area contributed by atoms with Gasteiger partial charge in [0.05, 0.1) is 23.1 Å². The van der Waals surface area contributed by atoms with Crippen molar-refractivity contribution in [3.8, 4) is 34.3 Å². The van der Waals surface area contributed by atoms with Crippen molar-refractivity contribution in [3.05, 3.63) is 92.3 Å². The molecule has 0 bridgehead atoms. The molecule has 5 atom stereocenters. The fourth-order valence-corrected chi connectivity index (χ4v) is 12.5. The number of phosphoric acid groups is 3. The minimum atomic E-state index is -5.78. The van der Waals surface area contributed by atoms with E-state index in [1.807, 2.05) is 13.8 Å². The van der Waals surface area contributed by atoms with Crippen molar-refractivity contribution in [1.82, 2.24) is 9.55 Å². The van der Waals surface area contributed by atoms with E-state index >= 15 is 0 Å². The number of benzene rings is 3. The summed E-state index contributed by atoms with van der Waals surface area (Å²) in [5.74, 6) is 9.81. The van der Waals surface area contributed by atoms with E-state index in [2.05, 4.69) is 30.0 Å². The van der Waals surface area contributed by atoms with Crippen LogP contribution >= 0.6 is 45.1 Å². The number of hydrogen-bond acceptors (Lipinski definition) is 20. The Kier molecular flexibility index (Phi) is 17.1. The normalized spacial score (nSPS) is 18.0. The Hall–Kier alpha value is -4.74. The molecule has 1 aromatic heterocycles. The maximum absolute atomic E-state index is 13.6. The molecule has 1 fully saturated rings. The summed E-state index contributed by atoms with van der Waals surface area (Å²) < 4.78 is 64.9. The van der Waals surface area contributed by atoms with Crippen molar-refractivity contribution in [2.45, 2.75) is 70.1 Å². The zero-order valence-electron chi connectivity index (χ0n) is 37.4. The molecule has 6 rings (SSSR count). The van der Waals surface area contributed by atoms with Crippen LogP contribution in [0.4, 0.5) is 11.5 Å². The first-order valence-electron chi connectivity index (χ1n) is 20.5. The maximum atomic E-state index is 13.6. The van der Waals surface area contributed by atoms with Crippen LogP contribution in [0.5, 0.6) is 0 Å². The summed E-state index contributed by atoms with van der Waals surface area (Å²) in [6.45, 7) is 6.51. The summed E-state index contributed by atoms with van der Waals surface area (Å²) in [4.78, 5) is 84.3. The van der Waals surface area contributed by atoms with Gasteiger partial charge in [-0.05, 0) is 70.0 Å². The summed E-state index contributed by atoms with van der Waals surface area (Å²) in [7, 11) is -14.0. The van der Waals surface area contributed by atoms with Gasteiger partial charge in [0.15, 0.2) is 5.78 Å². The predicted octanol–water partition coefficient (Wildman–Crippen LogP) is 5.76. The van der Waals surface area contributed by atoms with Gasteiger partial charge in [-0.15, -0.1) is 0 Å². The summed E-state index contributed by atoms with van der Waals surface area (Å²) >= 11 is 0. The number of anilines is 2. The lowest BCUT2D eigenvalue weighted by Gasteiger charge is -2.23. The topological polar surface area (TPSA) is 392 Å². The van der Waals surface area contributed by atoms with Crippen LogP contribution in [0.25, 0.3) is 33.4 Å². The van der Waals surface area contributed by atoms with Crippen LogP contribution in [-0.2, 0) is 41.2 Å². The number of carbonyl (C=O) groups excluding carboxylic acids is 1. The summed E-state index contributed by atoms with van der Waals surface area (Å²) in [6, 6.07) is 11.5. The number of carbonyl (C=O) groups is 2. The summed E-state index contributed by atoms with van der Waals surface area (Å²) in [6.07, 6.45) is -1.89. The number of nitrogens with two attached hydrogens (primary N) is 3. The first kappa shape index (κ1) is 54.6. The summed E-state index contributed by atoms with van der Waals surface area (Å²) in [5, 5.41) is 19.7. The minimum absolute atomic E-state index is 0.0689. The molecule has 70 heavy (non-hydrogen) atoms. The Bertz CT molecular complexity index is 3150. The van der Waals surface area contributed by atoms with Gasteiger partial charge in [0, 0.05) is 62.7 Å². The molecule has 0 radical (unpaired) electrons. The predicted molar refractivity (Wildman–Crippen MR) is 256 cm³/mol. The number of hydrogen-bond donors (Lipinski definition) is 9. The van der Waals surface area contributed by atoms with Crippen LogP contribution in [0.15, 0.2) is 57.9 Å². The number of nitrogens with zero attached hydrogens (tertiary/aromatic N) is 2. The number of phosphoric ester groups is 1. The van der Waals surface area contributed by atoms with Crippen molar-refractivity contribution < 1.29 is 79.8 Å². The van der Waals surface area contributed by atoms with Gasteiger partial charge >= 0.3 is 35.1 Å². The van der Waals surface area contributed by atoms with Gasteiger partial charge in [0.2, 0.25) is 0 Å². The molecule has 2 unspecified atom stereocenters. The molecule has 376 valence electrons. The van der Waals surface area contributed by atoms with Crippen LogP contribution in [0.2, 0.25) is 0 Å². The van der Waals surface area contributed by atoms with Gasteiger partial charge in [-0.3, -0.25) is 18.7 Å². The van der Waals surface area contributed by atoms with Crippen molar-refractivity contribution in [2.24, 2.45) is 5.90 Å². The Morgan fingerprint density at radius 1 is 1.01 bits per heavy atom. The molecular formula is C41H47N6O18P3S2. The molecule has 0 saturated carbocycles. The molecule has 3 heterocycles. The molecule has 24 nitrogen and oxygen atoms in total. The van der Waals surface area contributed by atoms with E-state index in [1.54, 1.807) is 50.2 Å². The van der Waals surface area contributed by atoms with Gasteiger partial charge in [-0.2, -0.15) is 13.6 Å². The van der Waals surface area contributed by atoms with E-state index in [1.165, 1.54) is 33.9 Å². The van der Waals surface area contributed by atoms with E-state index in [9.17, 15) is 43.0 Å². The molecule has 1 saturated heterocycles. The molecule has 0 spiro atoms. The number of fused-ring (bicyclic) bond motifs is 2. The Labute approximate surface area is 405 Å². The molecule has 3 aromatic rings. The van der Waals surface area contributed by atoms with Crippen molar-refractivity contribution in [1.29, 1.82) is 5.41 Å². The highest BCUT2D eigenvalue weighted by Crippen LogP contribution is 2.66. The second-order valence-electron chi connectivity index (χ2n) is 16.1. The number of nitrogens with one attached hydrogen (secondary N) is 1. The molecule has 2 aliphatic heterocycles. The SMILES string of the molecule is Cc1c2oc3c(C)c(N)ccc3c(-c3ccc(C(=O)CCC(C)(C)SSCOCC#Cc4cn([C@H]5C[C@@H](ON)[C@@H](COP(=O)(O)OP(=O)(O)OP(=O)(O)O)O5)c(=O)nc4N)cc3C(=O)O)c-2ccc1=N. The van der Waals surface area contributed by atoms with Gasteiger partial charge in [0.25, 0.3) is 0 Å². The fourth-order valence-electron chi connectivity index (χ4n) is 7.17. The Balaban J connectivity index is 1.02. The standard InChI is InChI=1S/C41H47N6O18P3S2/c1-21-29(42)11-9-26-35(27-10-12-30(43)22(2)37(27)62-36(21)26)25-8-7-23(16-28(25)39(49)50)31(48)13-14-41(3,4)70-69-20-59-15-5-6-24-18-47(40(51)46-38(24)44)34-17-32(63-45)33(61-34)19-60-67(55,56)65-68(57,58)64-66(52,53)54/h7-12,16,18,32-34,42H,13-15,17,19-20,43,45H2,1-4H3,(H,49,50)(H,55,56)(H,57,58)(H2,44,46,51)(H2,52,53,54)/t32-,33-,34-/m1/s1. The molecule has 0 amide bonds. The van der Waals surface area contributed by atoms with Crippen LogP contribution in [0, 0.1) is 31.1 Å². The van der Waals surface area contributed by atoms with Gasteiger partial charge in [-0.25, -0.2) is 29.2 Å². The first-order valence-corrected chi connectivity index (χ1v) is 27.3. The van der Waals surface area contributed by atoms with Crippen LogP contribution in [0.1, 0.15) is 76.7 Å². The van der Waals surface area contributed by atoms with E-state index in [0.29, 0.717) is 56.7 Å². The average Bonchev–Trinajstić information content (AvgIpc) is 3.69. The average molecular weight is 1070 g/mol. The van der Waals surface area contributed by atoms with Gasteiger partial charge in [-0.1, -0.05) is 45.6 Å². The number of aryl methyl sites for hydroxylation is 1. The number of Topliss-reactive ketones (excluding diaryl/α,β-unsaturated/α-hetero) is 1. The zero-order valence-corrected chi connectivity index (χ0v) is 41.7. The molecule has 3 aliphatic rings. The maximum Gasteiger partial charge on any atom is 0.490 e. The highest BCUT2D eigenvalue weighted by Gasteiger charge is 2.44. The lowest BCUT2D eigenvalue weighted by Crippen LogP contribution is -2.31. The van der Waals surface area contributed by atoms with Gasteiger partial charge < -0.3 is 55.4 Å². The van der Waals surface area contributed by atoms with Gasteiger partial charge in [0.1, 0.15) is 48.1 Å². The second kappa shape index (κ2) is 21.9. The number of rotatable bonds is 20. The van der Waals surface area contributed by atoms with Crippen LogP contribution in [-0.4, -0.2) is 82.1 Å². The molecule has 12 N–H and O–H groups in total. The number of ether oxygens (including phenoxy) is 2. The highest BCUT2D eigenvalue weighted by atomic mass is 33.1. The zero-order chi connectivity index (χ0) is 51.5. The van der Waals surface area contributed by atoms with E-state index < -0.39 is 64.9 Å². The largest absolute Gasteiger partial charge is 0.490 e. The molecule has 1 aliphatic carbocycles. The van der Waals surface area contributed by atoms with Crippen LogP contribution < -0.4 is 28.4 Å². The highest BCUT2D eigenvalue weighted by molar-refractivity contribution is 8.77. The number of aromatic nitrogens is 2. The molecule has 2 aromatic carbocycles. The first-order chi connectivity index (χ1) is 32.7. The second-order valence-corrected chi connectivity index (χ2v) is 23.5. The van der Waals surface area contributed by atoms with E-state index in [-0.39, 0.29) is 59.0 Å². The quantitative estimate of drug-likeness (QED) is 0.00515. The van der Waals surface area contributed by atoms with E-state index in [4.69, 9.17) is 51.3 Å². The number of aromatic carboxylic acids is 1. The summed E-state index contributed by atoms with van der Waals surface area (Å²) in [5.41, 5.74) is 15.3. The number of carboxylic acid groups (broad SMARTS) is 1. The lowest BCUT2D eigenvalue weighted by molar-refractivity contribution is -0.0618. The van der Waals surface area contributed by atoms with Crippen molar-refractivity contribution in [3.63, 3.8) is 0 Å². The monoisotopic (exact) mass is 1070 g/mol. The third-order valence-corrected chi connectivity index (χ3v) is 17.5. The molecule has 29 heteroatoms. The Morgan fingerprint density at radius 3 is 2.41 bits per heavy atom. The van der Waals surface area contributed by atoms with Crippen LogP contribution in [0.3, 0.4) is 0 Å². The smallest absolute Gasteiger partial charge is 0.478 e.